The van der Waals surface area contributed by atoms with Crippen molar-refractivity contribution in [2.75, 3.05) is 25.5 Å². The zero-order valence-electron chi connectivity index (χ0n) is 17.0. The summed E-state index contributed by atoms with van der Waals surface area (Å²) in [6, 6.07) is 8.67. The van der Waals surface area contributed by atoms with Gasteiger partial charge in [-0.3, -0.25) is 4.99 Å². The molecule has 0 fully saturated rings. The Hall–Kier alpha value is -1.73. The van der Waals surface area contributed by atoms with E-state index in [1.165, 1.54) is 26.6 Å². The smallest absolute Gasteiger partial charge is 0.102 e. The minimum Gasteiger partial charge on any atom is -0.351 e. The summed E-state index contributed by atoms with van der Waals surface area (Å²) in [6.07, 6.45) is 2.96. The number of nitrogens with zero attached hydrogens (tertiary/aromatic N) is 2. The van der Waals surface area contributed by atoms with Crippen molar-refractivity contribution in [3.05, 3.63) is 51.4 Å². The highest BCUT2D eigenvalue weighted by Gasteiger charge is 2.22. The van der Waals surface area contributed by atoms with Gasteiger partial charge in [0.05, 0.1) is 11.9 Å². The summed E-state index contributed by atoms with van der Waals surface area (Å²) in [4.78, 5) is 8.06. The number of nitrogens with two attached hydrogens (primary N) is 1. The molecule has 0 spiro atoms. The van der Waals surface area contributed by atoms with E-state index >= 15 is 0 Å². The van der Waals surface area contributed by atoms with Crippen LogP contribution in [-0.2, 0) is 6.42 Å². The Bertz CT molecular complexity index is 765. The first kappa shape index (κ1) is 21.6. The van der Waals surface area contributed by atoms with Gasteiger partial charge in [-0.25, -0.2) is 5.48 Å². The summed E-state index contributed by atoms with van der Waals surface area (Å²) in [5.41, 5.74) is 14.2. The summed E-state index contributed by atoms with van der Waals surface area (Å²) in [6.45, 7) is 6.95. The Labute approximate surface area is 166 Å². The molecule has 6 heteroatoms. The van der Waals surface area contributed by atoms with Crippen molar-refractivity contribution in [2.24, 2.45) is 10.7 Å². The Balaban J connectivity index is 2.30. The standard InChI is InChI=1S/C21H32N4OS/c1-14-15(2)27-21(25(5)16(3)22)19(14)20(23-4)18-11-9-17(10-12-18)8-6-7-13-24-26/h9-12,16,24,26H,6-8,13,22H2,1-5H3/b23-20-. The number of aliphatic imine (C=N–C) groups is 1. The molecule has 1 aromatic carbocycles. The minimum absolute atomic E-state index is 0.0601. The number of thiophene rings is 1. The molecule has 1 atom stereocenters. The van der Waals surface area contributed by atoms with E-state index in [9.17, 15) is 0 Å². The van der Waals surface area contributed by atoms with Gasteiger partial charge in [-0.15, -0.1) is 11.3 Å². The molecule has 1 heterocycles. The molecule has 0 amide bonds. The fourth-order valence-electron chi connectivity index (χ4n) is 3.07. The molecule has 0 saturated carbocycles. The van der Waals surface area contributed by atoms with Gasteiger partial charge in [-0.1, -0.05) is 24.3 Å². The lowest BCUT2D eigenvalue weighted by Gasteiger charge is -2.24. The van der Waals surface area contributed by atoms with Gasteiger partial charge in [0.1, 0.15) is 5.00 Å². The number of hydrogen-bond donors (Lipinski definition) is 3. The van der Waals surface area contributed by atoms with Crippen molar-refractivity contribution in [3.63, 3.8) is 0 Å². The van der Waals surface area contributed by atoms with Crippen molar-refractivity contribution < 1.29 is 5.21 Å². The van der Waals surface area contributed by atoms with Gasteiger partial charge < -0.3 is 15.8 Å². The van der Waals surface area contributed by atoms with Crippen LogP contribution >= 0.6 is 11.3 Å². The molecule has 148 valence electrons. The van der Waals surface area contributed by atoms with E-state index in [-0.39, 0.29) is 6.17 Å². The number of benzene rings is 1. The third kappa shape index (κ3) is 5.17. The van der Waals surface area contributed by atoms with E-state index in [0.717, 1.165) is 30.5 Å². The minimum atomic E-state index is -0.0601. The Morgan fingerprint density at radius 2 is 1.93 bits per heavy atom. The third-order valence-electron chi connectivity index (χ3n) is 4.99. The van der Waals surface area contributed by atoms with Crippen LogP contribution < -0.4 is 16.1 Å². The summed E-state index contributed by atoms with van der Waals surface area (Å²) in [5.74, 6) is 0. The van der Waals surface area contributed by atoms with Crippen LogP contribution in [0.3, 0.4) is 0 Å². The maximum absolute atomic E-state index is 8.64. The highest BCUT2D eigenvalue weighted by molar-refractivity contribution is 7.16. The molecule has 1 aromatic heterocycles. The molecule has 27 heavy (non-hydrogen) atoms. The SMILES string of the molecule is C/N=C(/c1ccc(CCCCNO)cc1)c1c(N(C)C(C)N)sc(C)c1C. The summed E-state index contributed by atoms with van der Waals surface area (Å²) < 4.78 is 0. The van der Waals surface area contributed by atoms with Gasteiger partial charge in [0, 0.05) is 36.6 Å². The Kier molecular flexibility index (Phi) is 7.98. The van der Waals surface area contributed by atoms with Gasteiger partial charge in [0.2, 0.25) is 0 Å². The molecule has 1 unspecified atom stereocenters. The molecule has 0 aliphatic rings. The second-order valence-corrected chi connectivity index (χ2v) is 8.15. The van der Waals surface area contributed by atoms with Crippen LogP contribution in [0, 0.1) is 13.8 Å². The van der Waals surface area contributed by atoms with Gasteiger partial charge in [0.15, 0.2) is 0 Å². The molecule has 5 nitrogen and oxygen atoms in total. The van der Waals surface area contributed by atoms with Gasteiger partial charge in [-0.2, -0.15) is 0 Å². The van der Waals surface area contributed by atoms with Crippen LogP contribution in [0.2, 0.25) is 0 Å². The molecule has 0 saturated heterocycles. The van der Waals surface area contributed by atoms with E-state index in [1.807, 2.05) is 21.0 Å². The van der Waals surface area contributed by atoms with Crippen LogP contribution in [0.1, 0.15) is 46.9 Å². The van der Waals surface area contributed by atoms with Crippen LogP contribution in [0.5, 0.6) is 0 Å². The van der Waals surface area contributed by atoms with Crippen molar-refractivity contribution >= 4 is 22.0 Å². The maximum Gasteiger partial charge on any atom is 0.102 e. The van der Waals surface area contributed by atoms with Crippen molar-refractivity contribution in [1.29, 1.82) is 0 Å². The predicted octanol–water partition coefficient (Wildman–Crippen LogP) is 3.87. The molecule has 0 aliphatic heterocycles. The predicted molar refractivity (Wildman–Crippen MR) is 117 cm³/mol. The van der Waals surface area contributed by atoms with E-state index in [2.05, 4.69) is 53.5 Å². The maximum atomic E-state index is 8.64. The zero-order valence-corrected chi connectivity index (χ0v) is 17.9. The van der Waals surface area contributed by atoms with E-state index in [1.54, 1.807) is 11.3 Å². The first-order chi connectivity index (χ1) is 12.9. The molecule has 0 aliphatic carbocycles. The zero-order chi connectivity index (χ0) is 20.0. The molecule has 4 N–H and O–H groups in total. The van der Waals surface area contributed by atoms with E-state index in [4.69, 9.17) is 10.9 Å². The molecule has 2 rings (SSSR count). The van der Waals surface area contributed by atoms with Crippen molar-refractivity contribution in [1.82, 2.24) is 5.48 Å². The van der Waals surface area contributed by atoms with Crippen molar-refractivity contribution in [3.8, 4) is 0 Å². The number of hydrogen-bond acceptors (Lipinski definition) is 6. The molecular weight excluding hydrogens is 356 g/mol. The van der Waals surface area contributed by atoms with Crippen molar-refractivity contribution in [2.45, 2.75) is 46.2 Å². The third-order valence-corrected chi connectivity index (χ3v) is 6.29. The second-order valence-electron chi connectivity index (χ2n) is 6.95. The normalized spacial score (nSPS) is 13.1. The molecular formula is C21H32N4OS. The van der Waals surface area contributed by atoms with Gasteiger partial charge in [0.25, 0.3) is 0 Å². The first-order valence-corrected chi connectivity index (χ1v) is 10.2. The summed E-state index contributed by atoms with van der Waals surface area (Å²) >= 11 is 1.77. The lowest BCUT2D eigenvalue weighted by molar-refractivity contribution is 0.165. The fraction of sp³-hybridized carbons (Fsp3) is 0.476. The lowest BCUT2D eigenvalue weighted by atomic mass is 9.97. The van der Waals surface area contributed by atoms with Crippen LogP contribution in [0.25, 0.3) is 0 Å². The van der Waals surface area contributed by atoms with Crippen LogP contribution in [-0.4, -0.2) is 37.7 Å². The highest BCUT2D eigenvalue weighted by Crippen LogP contribution is 2.37. The molecule has 2 aromatic rings. The first-order valence-electron chi connectivity index (χ1n) is 9.42. The Morgan fingerprint density at radius 3 is 2.48 bits per heavy atom. The van der Waals surface area contributed by atoms with Crippen LogP contribution in [0.15, 0.2) is 29.3 Å². The second kappa shape index (κ2) is 9.99. The Morgan fingerprint density at radius 1 is 1.26 bits per heavy atom. The average Bonchev–Trinajstić information content (AvgIpc) is 2.95. The summed E-state index contributed by atoms with van der Waals surface area (Å²) in [7, 11) is 3.89. The molecule has 0 radical (unpaired) electrons. The topological polar surface area (TPSA) is 73.9 Å². The highest BCUT2D eigenvalue weighted by atomic mass is 32.1. The largest absolute Gasteiger partial charge is 0.351 e. The van der Waals surface area contributed by atoms with Gasteiger partial charge >= 0.3 is 0 Å². The number of nitrogens with one attached hydrogen (secondary N) is 1. The van der Waals surface area contributed by atoms with Crippen LogP contribution in [0.4, 0.5) is 5.00 Å². The average molecular weight is 389 g/mol. The molecule has 0 bridgehead atoms. The van der Waals surface area contributed by atoms with E-state index < -0.39 is 0 Å². The summed E-state index contributed by atoms with van der Waals surface area (Å²) in [5, 5.41) is 9.81. The number of aryl methyl sites for hydroxylation is 2. The number of hydroxylamine groups is 1. The fourth-order valence-corrected chi connectivity index (χ4v) is 4.28. The van der Waals surface area contributed by atoms with E-state index in [0.29, 0.717) is 6.54 Å². The number of rotatable bonds is 9. The number of anilines is 1. The quantitative estimate of drug-likeness (QED) is 0.264. The number of unbranched alkanes of at least 4 members (excludes halogenated alkanes) is 1. The lowest BCUT2D eigenvalue weighted by Crippen LogP contribution is -2.36. The van der Waals surface area contributed by atoms with Gasteiger partial charge in [-0.05, 0) is 51.2 Å². The monoisotopic (exact) mass is 388 g/mol.